The molecule has 35 nitrogen and oxygen atoms in total. The van der Waals surface area contributed by atoms with Crippen LogP contribution < -0.4 is 11.5 Å². The average Bonchev–Trinajstić information content (AvgIpc) is 1.95. The van der Waals surface area contributed by atoms with Crippen LogP contribution in [0.5, 0.6) is 0 Å². The van der Waals surface area contributed by atoms with Gasteiger partial charge in [0.1, 0.15) is 17.7 Å². The maximum absolute atomic E-state index is 11.0. The molecule has 13 rings (SSSR count). The van der Waals surface area contributed by atoms with Crippen LogP contribution in [0.2, 0.25) is 0 Å². The molecule has 1 atom stereocenters. The minimum Gasteiger partial charge on any atom is -0.480 e. The Kier molecular flexibility index (Phi) is 48.6. The van der Waals surface area contributed by atoms with Gasteiger partial charge in [0.05, 0.1) is 170 Å². The van der Waals surface area contributed by atoms with Gasteiger partial charge in [-0.1, -0.05) is 6.92 Å². The van der Waals surface area contributed by atoms with E-state index in [1.807, 2.05) is 181 Å². The number of aliphatic carboxylic acids is 1. The second-order valence-corrected chi connectivity index (χ2v) is 27.5. The van der Waals surface area contributed by atoms with Crippen molar-refractivity contribution >= 4 is 84.3 Å². The van der Waals surface area contributed by atoms with Crippen molar-refractivity contribution in [3.8, 4) is 33.8 Å². The van der Waals surface area contributed by atoms with Gasteiger partial charge in [-0.2, -0.15) is 0 Å². The lowest BCUT2D eigenvalue weighted by atomic mass is 10.2. The Morgan fingerprint density at radius 3 is 1.18 bits per heavy atom. The third-order valence-electron chi connectivity index (χ3n) is 17.7. The molecule has 0 aliphatic heterocycles. The number of alkyl halides is 1. The molecule has 13 aromatic heterocycles. The minimum atomic E-state index is -1.05. The van der Waals surface area contributed by atoms with E-state index in [0.29, 0.717) is 23.1 Å². The summed E-state index contributed by atoms with van der Waals surface area (Å²) in [5.41, 5.74) is 32.6. The Balaban J connectivity index is 0.000000486. The van der Waals surface area contributed by atoms with E-state index < -0.39 is 23.9 Å². The first kappa shape index (κ1) is 109. The lowest BCUT2D eigenvalue weighted by Gasteiger charge is -2.04. The number of esters is 1. The van der Waals surface area contributed by atoms with Crippen molar-refractivity contribution in [1.82, 2.24) is 113 Å². The third kappa shape index (κ3) is 37.7. The molecule has 7 N–H and O–H groups in total. The van der Waals surface area contributed by atoms with Crippen LogP contribution in [0.25, 0.3) is 45.9 Å². The molecule has 0 radical (unpaired) electrons. The molecule has 38 heteroatoms. The highest BCUT2D eigenvalue weighted by molar-refractivity contribution is 6.35. The lowest BCUT2D eigenvalue weighted by Crippen LogP contribution is -2.37. The molecule has 126 heavy (non-hydrogen) atoms. The van der Waals surface area contributed by atoms with Crippen molar-refractivity contribution in [2.45, 2.75) is 155 Å². The monoisotopic (exact) mass is 1780 g/mol. The quantitative estimate of drug-likeness (QED) is 0.0245. The number of carboxylic acids is 2. The number of carbonyl (C=O) groups excluding carboxylic acids is 4. The fourth-order valence-corrected chi connectivity index (χ4v) is 9.37. The van der Waals surface area contributed by atoms with Crippen molar-refractivity contribution in [2.24, 2.45) is 32.6 Å². The Hall–Kier alpha value is -13.5. The number of methoxy groups -OCH3 is 1. The predicted octanol–water partition coefficient (Wildman–Crippen LogP) is 12.1. The molecule has 0 spiro atoms. The number of nitrogens with two attached hydrogens (primary N) is 2. The summed E-state index contributed by atoms with van der Waals surface area (Å²) in [7, 11) is 7.10. The lowest BCUT2D eigenvalue weighted by molar-refractivity contribution is -0.138. The zero-order chi connectivity index (χ0) is 92.3. The van der Waals surface area contributed by atoms with Crippen molar-refractivity contribution in [1.29, 1.82) is 0 Å². The molecule has 0 saturated heterocycles. The van der Waals surface area contributed by atoms with E-state index in [1.165, 1.54) is 33.4 Å². The molecular weight excluding hydrogens is 1670 g/mol. The van der Waals surface area contributed by atoms with Crippen LogP contribution in [0, 0.1) is 96.9 Å². The summed E-state index contributed by atoms with van der Waals surface area (Å²) in [6.45, 7) is 31.2. The topological polar surface area (TPSA) is 497 Å². The van der Waals surface area contributed by atoms with Crippen LogP contribution in [0.1, 0.15) is 172 Å². The molecule has 0 aromatic carbocycles. The number of aryl methyl sites for hydroxylation is 20. The summed E-state index contributed by atoms with van der Waals surface area (Å²) in [6.07, 6.45) is 35.1. The Bertz CT molecular complexity index is 5530. The van der Waals surface area contributed by atoms with Crippen LogP contribution in [0.3, 0.4) is 0 Å². The standard InChI is InChI=1S/C17H19N5.C17H17N5.C10H9N3O.C8H10N2O2.C8H12N2.C7H9ClN2.C7H8N2O2.C7H10N2O.C4H6O2.C3H8N2O2.2ClH/c2*1-12-13(2)20-15(10-19-12)6-7-17-21-16(11-22(17)3)14-5-4-8-18-9-14;1-13-6-9(12-10(13)7-14)8-3-2-4-11-5-8;1-5-6(2)10-7(4-9-5)8(11)12-3;1-4-8-5-9-6(2)7(3)10-8;1-5-6(2)10-7(3-8)4-9-5;1-4-5(2)9-6(3-8-4)7(10)11;1-5-6(2)9-7(4-10)3-8-5;1-3(5)4(2)6;4-1-2(5)3(6)7;;/h4-5,8-11H,6-7H2,1-3H3;4-11H,1-3H3;2-7H,1H3;4H,1-3H3;5H,4H2,1-3H3;4H,3H2,1-2H3;3H,1-2H3,(H,10,11);3,10H,4H2,1-2H3;1-2H3;2H,1,4-5H2,(H,6,7);2*1H. The van der Waals surface area contributed by atoms with Crippen molar-refractivity contribution in [2.75, 3.05) is 13.7 Å². The number of nitrogens with zero attached hydrogens (tertiary/aromatic N) is 23. The van der Waals surface area contributed by atoms with Gasteiger partial charge in [0.15, 0.2) is 35.1 Å². The number of carboxylic acid groups (broad SMARTS) is 2. The van der Waals surface area contributed by atoms with E-state index >= 15 is 0 Å². The second-order valence-electron chi connectivity index (χ2n) is 27.2. The number of hydrogen-bond donors (Lipinski definition) is 5. The highest BCUT2D eigenvalue weighted by Crippen LogP contribution is 2.21. The van der Waals surface area contributed by atoms with Crippen LogP contribution in [-0.2, 0) is 72.0 Å². The highest BCUT2D eigenvalue weighted by Gasteiger charge is 2.14. The van der Waals surface area contributed by atoms with Gasteiger partial charge in [0, 0.05) is 139 Å². The van der Waals surface area contributed by atoms with Crippen LogP contribution in [-0.4, -0.2) is 184 Å². The normalized spacial score (nSPS) is 10.2. The van der Waals surface area contributed by atoms with E-state index in [-0.39, 0.29) is 60.9 Å². The molecule has 0 aliphatic carbocycles. The number of carbonyl (C=O) groups is 6. The SMILES string of the molecule is CC(=O)C(C)=O.CCc1cnc(C)c(C)n1.COC(=O)c1cnc(C)c(C)n1.Cc1ncc(C(=O)O)nc1C.Cc1ncc(C=Cc2nc(-c3cccnc3)cn2C)nc1C.Cc1ncc(CCc2nc(-c3cccnc3)cn2C)nc1C.Cc1ncc(CCl)nc1C.Cc1ncc(CO)nc1C.Cl.Cl.Cn1cc(-c2cccnc2)nc1C=O.NCC(N)C(=O)O. The number of aromatic nitrogens is 23. The number of ether oxygens (including phenoxy) is 1. The molecule has 0 aliphatic rings. The first-order valence-electron chi connectivity index (χ1n) is 38.6. The number of rotatable bonds is 17. The number of halogens is 3. The minimum absolute atomic E-state index is 0. The van der Waals surface area contributed by atoms with Crippen LogP contribution in [0.4, 0.5) is 0 Å². The first-order chi connectivity index (χ1) is 58.9. The highest BCUT2D eigenvalue weighted by atomic mass is 35.5. The van der Waals surface area contributed by atoms with Crippen molar-refractivity contribution < 1.29 is 48.8 Å². The third-order valence-corrected chi connectivity index (χ3v) is 18.0. The van der Waals surface area contributed by atoms with E-state index in [0.717, 1.165) is 168 Å². The van der Waals surface area contributed by atoms with E-state index in [2.05, 4.69) is 111 Å². The molecule has 1 unspecified atom stereocenters. The smallest absolute Gasteiger partial charge is 0.358 e. The van der Waals surface area contributed by atoms with E-state index in [1.54, 1.807) is 82.0 Å². The number of ketones is 2. The number of pyridine rings is 3. The van der Waals surface area contributed by atoms with Crippen LogP contribution >= 0.6 is 36.4 Å². The molecular formula is C88H110Cl3N25O10. The second kappa shape index (κ2) is 56.3. The van der Waals surface area contributed by atoms with Gasteiger partial charge in [-0.15, -0.1) is 36.4 Å². The summed E-state index contributed by atoms with van der Waals surface area (Å²) in [4.78, 5) is 145. The average molecular weight is 1780 g/mol. The fraction of sp³-hybridized carbons (Fsp3) is 0.318. The molecule has 13 heterocycles. The molecule has 0 amide bonds. The van der Waals surface area contributed by atoms with Gasteiger partial charge in [-0.05, 0) is 158 Å². The van der Waals surface area contributed by atoms with Crippen molar-refractivity contribution in [3.63, 3.8) is 0 Å². The molecule has 0 fully saturated rings. The summed E-state index contributed by atoms with van der Waals surface area (Å²) in [5.74, 6) is -0.547. The van der Waals surface area contributed by atoms with Gasteiger partial charge in [0.2, 0.25) is 0 Å². The van der Waals surface area contributed by atoms with Gasteiger partial charge >= 0.3 is 17.9 Å². The number of aliphatic hydroxyl groups is 1. The maximum atomic E-state index is 11.0. The summed E-state index contributed by atoms with van der Waals surface area (Å²) in [5, 5.41) is 25.1. The number of aromatic carboxylic acids is 1. The Morgan fingerprint density at radius 1 is 0.452 bits per heavy atom. The largest absolute Gasteiger partial charge is 0.480 e. The molecule has 0 saturated carbocycles. The number of imidazole rings is 3. The van der Waals surface area contributed by atoms with Gasteiger partial charge in [-0.25, -0.2) is 34.5 Å². The molecule has 13 aromatic rings. The zero-order valence-corrected chi connectivity index (χ0v) is 77.0. The molecule has 0 bridgehead atoms. The van der Waals surface area contributed by atoms with E-state index in [9.17, 15) is 28.8 Å². The van der Waals surface area contributed by atoms with Gasteiger partial charge in [-0.3, -0.25) is 93.9 Å². The number of aldehydes is 1. The number of aliphatic hydroxyl groups excluding tert-OH is 1. The Labute approximate surface area is 750 Å². The zero-order valence-electron chi connectivity index (χ0n) is 74.6. The molecule has 668 valence electrons. The number of Topliss-reactive ketones (excluding diaryl/α,β-unsaturated/α-hetero) is 2. The van der Waals surface area contributed by atoms with Crippen molar-refractivity contribution in [3.05, 3.63) is 273 Å². The number of hydrogen-bond acceptors (Lipinski definition) is 30. The summed E-state index contributed by atoms with van der Waals surface area (Å²) < 4.78 is 10.2. The fourth-order valence-electron chi connectivity index (χ4n) is 9.24. The van der Waals surface area contributed by atoms with Gasteiger partial charge < -0.3 is 45.2 Å². The van der Waals surface area contributed by atoms with Gasteiger partial charge in [0.25, 0.3) is 0 Å². The van der Waals surface area contributed by atoms with E-state index in [4.69, 9.17) is 43.4 Å². The summed E-state index contributed by atoms with van der Waals surface area (Å²) >= 11 is 5.55. The Morgan fingerprint density at radius 2 is 0.817 bits per heavy atom. The predicted molar refractivity (Wildman–Crippen MR) is 485 cm³/mol. The maximum Gasteiger partial charge on any atom is 0.358 e. The summed E-state index contributed by atoms with van der Waals surface area (Å²) in [6, 6.07) is 10.7. The van der Waals surface area contributed by atoms with Crippen LogP contribution in [0.15, 0.2) is 136 Å². The first-order valence-corrected chi connectivity index (χ1v) is 39.1.